The molecule has 1 aliphatic heterocycles. The maximum atomic E-state index is 12.1. The number of nitrogens with one attached hydrogen (secondary N) is 1. The lowest BCUT2D eigenvalue weighted by Crippen LogP contribution is -2.26. The van der Waals surface area contributed by atoms with Crippen LogP contribution in [0, 0.1) is 5.92 Å². The fourth-order valence-corrected chi connectivity index (χ4v) is 3.24. The minimum absolute atomic E-state index is 0.0240. The van der Waals surface area contributed by atoms with E-state index in [9.17, 15) is 9.59 Å². The van der Waals surface area contributed by atoms with Crippen molar-refractivity contribution in [2.75, 3.05) is 16.8 Å². The third-order valence-electron chi connectivity index (χ3n) is 3.14. The zero-order valence-electron chi connectivity index (χ0n) is 10.6. The summed E-state index contributed by atoms with van der Waals surface area (Å²) in [6.45, 7) is 0. The smallest absolute Gasteiger partial charge is 0.307 e. The lowest BCUT2D eigenvalue weighted by Gasteiger charge is -2.20. The van der Waals surface area contributed by atoms with E-state index in [1.807, 2.05) is 11.8 Å². The molecule has 5 heteroatoms. The van der Waals surface area contributed by atoms with Gasteiger partial charge in [0, 0.05) is 11.6 Å². The summed E-state index contributed by atoms with van der Waals surface area (Å²) in [5.41, 5.74) is 1.38. The molecule has 0 atom stereocenters. The number of anilines is 1. The van der Waals surface area contributed by atoms with E-state index in [4.69, 9.17) is 5.11 Å². The maximum absolute atomic E-state index is 12.1. The first-order valence-corrected chi connectivity index (χ1v) is 7.50. The van der Waals surface area contributed by atoms with Crippen LogP contribution in [0.4, 0.5) is 5.69 Å². The van der Waals surface area contributed by atoms with Crippen molar-refractivity contribution in [3.8, 4) is 0 Å². The van der Waals surface area contributed by atoms with Gasteiger partial charge in [-0.1, -0.05) is 12.1 Å². The largest absolute Gasteiger partial charge is 0.481 e. The average Bonchev–Trinajstić information content (AvgIpc) is 2.39. The Labute approximate surface area is 116 Å². The predicted molar refractivity (Wildman–Crippen MR) is 76.5 cm³/mol. The first-order valence-electron chi connectivity index (χ1n) is 6.34. The molecule has 2 rings (SSSR count). The molecule has 0 spiro atoms. The average molecular weight is 279 g/mol. The number of rotatable bonds is 4. The zero-order valence-corrected chi connectivity index (χ0v) is 11.4. The van der Waals surface area contributed by atoms with Crippen LogP contribution in [0.1, 0.15) is 18.4 Å². The summed E-state index contributed by atoms with van der Waals surface area (Å²) < 4.78 is 0. The zero-order chi connectivity index (χ0) is 13.7. The topological polar surface area (TPSA) is 66.4 Å². The highest BCUT2D eigenvalue weighted by Crippen LogP contribution is 2.24. The SMILES string of the molecule is O=C(O)Cc1cccc(NC(=O)C2CCSCC2)c1. The van der Waals surface area contributed by atoms with Gasteiger partial charge in [-0.15, -0.1) is 0 Å². The highest BCUT2D eigenvalue weighted by Gasteiger charge is 2.21. The van der Waals surface area contributed by atoms with Gasteiger partial charge in [-0.2, -0.15) is 11.8 Å². The number of carboxylic acid groups (broad SMARTS) is 1. The summed E-state index contributed by atoms with van der Waals surface area (Å²) in [5, 5.41) is 11.6. The molecule has 19 heavy (non-hydrogen) atoms. The number of carboxylic acids is 1. The van der Waals surface area contributed by atoms with Crippen LogP contribution in [-0.2, 0) is 16.0 Å². The summed E-state index contributed by atoms with van der Waals surface area (Å²) in [6, 6.07) is 7.04. The minimum Gasteiger partial charge on any atom is -0.481 e. The first kappa shape index (κ1) is 13.9. The molecular weight excluding hydrogens is 262 g/mol. The second-order valence-corrected chi connectivity index (χ2v) is 5.87. The Morgan fingerprint density at radius 3 is 2.74 bits per heavy atom. The highest BCUT2D eigenvalue weighted by atomic mass is 32.2. The Balaban J connectivity index is 1.97. The van der Waals surface area contributed by atoms with Crippen molar-refractivity contribution in [3.63, 3.8) is 0 Å². The summed E-state index contributed by atoms with van der Waals surface area (Å²) in [4.78, 5) is 22.7. The van der Waals surface area contributed by atoms with Gasteiger partial charge in [-0.25, -0.2) is 0 Å². The van der Waals surface area contributed by atoms with Gasteiger partial charge in [0.1, 0.15) is 0 Å². The summed E-state index contributed by atoms with van der Waals surface area (Å²) >= 11 is 1.89. The number of aliphatic carboxylic acids is 1. The molecule has 102 valence electrons. The van der Waals surface area contributed by atoms with E-state index in [2.05, 4.69) is 5.32 Å². The van der Waals surface area contributed by atoms with Crippen LogP contribution in [0.25, 0.3) is 0 Å². The van der Waals surface area contributed by atoms with Crippen LogP contribution in [0.3, 0.4) is 0 Å². The van der Waals surface area contributed by atoms with Crippen molar-refractivity contribution < 1.29 is 14.7 Å². The fourth-order valence-electron chi connectivity index (χ4n) is 2.14. The fraction of sp³-hybridized carbons (Fsp3) is 0.429. The van der Waals surface area contributed by atoms with Gasteiger partial charge in [0.05, 0.1) is 6.42 Å². The Bertz CT molecular complexity index is 470. The normalized spacial score (nSPS) is 16.0. The van der Waals surface area contributed by atoms with Crippen LogP contribution in [0.5, 0.6) is 0 Å². The second kappa shape index (κ2) is 6.61. The van der Waals surface area contributed by atoms with Crippen LogP contribution in [-0.4, -0.2) is 28.5 Å². The van der Waals surface area contributed by atoms with Crippen molar-refractivity contribution in [3.05, 3.63) is 29.8 Å². The van der Waals surface area contributed by atoms with Gasteiger partial charge in [-0.05, 0) is 42.0 Å². The van der Waals surface area contributed by atoms with E-state index < -0.39 is 5.97 Å². The van der Waals surface area contributed by atoms with Gasteiger partial charge in [0.25, 0.3) is 0 Å². The third kappa shape index (κ3) is 4.28. The number of carbonyl (C=O) groups is 2. The Morgan fingerprint density at radius 2 is 2.05 bits per heavy atom. The molecule has 1 fully saturated rings. The van der Waals surface area contributed by atoms with Crippen molar-refractivity contribution >= 4 is 29.3 Å². The lowest BCUT2D eigenvalue weighted by atomic mass is 10.0. The van der Waals surface area contributed by atoms with Gasteiger partial charge >= 0.3 is 5.97 Å². The number of carbonyl (C=O) groups excluding carboxylic acids is 1. The summed E-state index contributed by atoms with van der Waals surface area (Å²) in [5.74, 6) is 1.35. The third-order valence-corrected chi connectivity index (χ3v) is 4.19. The summed E-state index contributed by atoms with van der Waals surface area (Å²) in [6.07, 6.45) is 1.82. The summed E-state index contributed by atoms with van der Waals surface area (Å²) in [7, 11) is 0. The van der Waals surface area contributed by atoms with Gasteiger partial charge < -0.3 is 10.4 Å². The number of hydrogen-bond acceptors (Lipinski definition) is 3. The van der Waals surface area contributed by atoms with E-state index in [-0.39, 0.29) is 18.2 Å². The van der Waals surface area contributed by atoms with Gasteiger partial charge in [0.15, 0.2) is 0 Å². The van der Waals surface area contributed by atoms with E-state index in [1.165, 1.54) is 0 Å². The monoisotopic (exact) mass is 279 g/mol. The lowest BCUT2D eigenvalue weighted by molar-refractivity contribution is -0.136. The van der Waals surface area contributed by atoms with E-state index in [0.717, 1.165) is 24.3 Å². The number of hydrogen-bond donors (Lipinski definition) is 2. The Hall–Kier alpha value is -1.49. The standard InChI is InChI=1S/C14H17NO3S/c16-13(17)9-10-2-1-3-12(8-10)15-14(18)11-4-6-19-7-5-11/h1-3,8,11H,4-7,9H2,(H,15,18)(H,16,17). The molecule has 4 nitrogen and oxygen atoms in total. The molecule has 0 radical (unpaired) electrons. The van der Waals surface area contributed by atoms with Gasteiger partial charge in [0.2, 0.25) is 5.91 Å². The molecule has 0 aliphatic carbocycles. The quantitative estimate of drug-likeness (QED) is 0.888. The Kier molecular flexibility index (Phi) is 4.85. The molecule has 0 unspecified atom stereocenters. The predicted octanol–water partition coefficient (Wildman–Crippen LogP) is 2.40. The molecular formula is C14H17NO3S. The molecule has 2 N–H and O–H groups in total. The minimum atomic E-state index is -0.868. The van der Waals surface area contributed by atoms with Crippen LogP contribution in [0.15, 0.2) is 24.3 Å². The van der Waals surface area contributed by atoms with E-state index >= 15 is 0 Å². The second-order valence-electron chi connectivity index (χ2n) is 4.65. The van der Waals surface area contributed by atoms with Gasteiger partial charge in [-0.3, -0.25) is 9.59 Å². The molecule has 1 amide bonds. The van der Waals surface area contributed by atoms with Crippen molar-refractivity contribution in [1.82, 2.24) is 0 Å². The number of thioether (sulfide) groups is 1. The molecule has 0 aromatic heterocycles. The maximum Gasteiger partial charge on any atom is 0.307 e. The van der Waals surface area contributed by atoms with Crippen LogP contribution >= 0.6 is 11.8 Å². The molecule has 1 saturated heterocycles. The molecule has 1 aromatic rings. The van der Waals surface area contributed by atoms with Crippen molar-refractivity contribution in [2.45, 2.75) is 19.3 Å². The molecule has 1 aliphatic rings. The van der Waals surface area contributed by atoms with Crippen molar-refractivity contribution in [1.29, 1.82) is 0 Å². The number of benzene rings is 1. The molecule has 1 heterocycles. The Morgan fingerprint density at radius 1 is 1.32 bits per heavy atom. The first-order chi connectivity index (χ1) is 9.15. The molecule has 1 aromatic carbocycles. The van der Waals surface area contributed by atoms with E-state index in [1.54, 1.807) is 24.3 Å². The van der Waals surface area contributed by atoms with Crippen LogP contribution < -0.4 is 5.32 Å². The van der Waals surface area contributed by atoms with Crippen LogP contribution in [0.2, 0.25) is 0 Å². The molecule has 0 saturated carbocycles. The highest BCUT2D eigenvalue weighted by molar-refractivity contribution is 7.99. The van der Waals surface area contributed by atoms with E-state index in [0.29, 0.717) is 11.3 Å². The molecule has 0 bridgehead atoms. The number of amides is 1. The van der Waals surface area contributed by atoms with Crippen molar-refractivity contribution in [2.24, 2.45) is 5.92 Å².